The lowest BCUT2D eigenvalue weighted by molar-refractivity contribution is -0.384. The summed E-state index contributed by atoms with van der Waals surface area (Å²) in [6.45, 7) is 3.98. The van der Waals surface area contributed by atoms with Crippen LogP contribution in [-0.2, 0) is 0 Å². The Balaban J connectivity index is 2.20. The van der Waals surface area contributed by atoms with E-state index in [0.717, 1.165) is 25.9 Å². The maximum absolute atomic E-state index is 11.2. The van der Waals surface area contributed by atoms with Crippen LogP contribution in [0.1, 0.15) is 25.3 Å². The highest BCUT2D eigenvalue weighted by molar-refractivity contribution is 5.68. The van der Waals surface area contributed by atoms with Gasteiger partial charge in [0.05, 0.1) is 4.92 Å². The lowest BCUT2D eigenvalue weighted by Gasteiger charge is -2.29. The Kier molecular flexibility index (Phi) is 4.53. The maximum atomic E-state index is 11.2. The van der Waals surface area contributed by atoms with E-state index >= 15 is 0 Å². The number of benzene rings is 1. The first-order valence-electron chi connectivity index (χ1n) is 6.78. The first-order valence-corrected chi connectivity index (χ1v) is 6.78. The van der Waals surface area contributed by atoms with Crippen molar-refractivity contribution in [3.05, 3.63) is 33.9 Å². The van der Waals surface area contributed by atoms with E-state index in [9.17, 15) is 10.1 Å². The van der Waals surface area contributed by atoms with Crippen LogP contribution in [0.25, 0.3) is 0 Å². The molecule has 1 aliphatic heterocycles. The lowest BCUT2D eigenvalue weighted by atomic mass is 9.92. The molecule has 0 saturated carbocycles. The van der Waals surface area contributed by atoms with E-state index in [1.165, 1.54) is 6.07 Å². The van der Waals surface area contributed by atoms with Gasteiger partial charge in [0, 0.05) is 6.04 Å². The fourth-order valence-electron chi connectivity index (χ4n) is 2.62. The molecule has 20 heavy (non-hydrogen) atoms. The maximum Gasteiger partial charge on any atom is 0.309 e. The van der Waals surface area contributed by atoms with Gasteiger partial charge in [0.25, 0.3) is 0 Å². The van der Waals surface area contributed by atoms with Gasteiger partial charge in [0.1, 0.15) is 17.3 Å². The second-order valence-corrected chi connectivity index (χ2v) is 5.11. The van der Waals surface area contributed by atoms with Crippen molar-refractivity contribution >= 4 is 11.4 Å². The fraction of sp³-hybridized carbons (Fsp3) is 0.500. The highest BCUT2D eigenvalue weighted by Crippen LogP contribution is 2.30. The third kappa shape index (κ3) is 3.06. The molecule has 106 valence electrons. The number of anilines is 1. The standard InChI is InChI=1S/C14H18N4O2/c1-10(12-5-3-7-16-9-12)17-13-6-2-4-11(8-15)14(13)18(19)20/h2,4,6,10,12,16-17H,3,5,7,9H2,1H3. The van der Waals surface area contributed by atoms with E-state index in [4.69, 9.17) is 5.26 Å². The quantitative estimate of drug-likeness (QED) is 0.649. The minimum Gasteiger partial charge on any atom is -0.377 e. The molecule has 6 nitrogen and oxygen atoms in total. The molecule has 0 bridgehead atoms. The van der Waals surface area contributed by atoms with Crippen molar-refractivity contribution in [2.45, 2.75) is 25.8 Å². The van der Waals surface area contributed by atoms with Gasteiger partial charge in [0.15, 0.2) is 0 Å². The summed E-state index contributed by atoms with van der Waals surface area (Å²) in [5, 5.41) is 26.7. The van der Waals surface area contributed by atoms with E-state index in [2.05, 4.69) is 10.6 Å². The normalized spacial score (nSPS) is 19.9. The molecule has 2 rings (SSSR count). The van der Waals surface area contributed by atoms with Crippen LogP contribution in [0.4, 0.5) is 11.4 Å². The van der Waals surface area contributed by atoms with Crippen LogP contribution in [0.5, 0.6) is 0 Å². The average molecular weight is 274 g/mol. The van der Waals surface area contributed by atoms with Crippen LogP contribution < -0.4 is 10.6 Å². The van der Waals surface area contributed by atoms with Crippen LogP contribution in [0, 0.1) is 27.4 Å². The molecular weight excluding hydrogens is 256 g/mol. The predicted octanol–water partition coefficient (Wildman–Crippen LogP) is 2.27. The van der Waals surface area contributed by atoms with Gasteiger partial charge in [-0.2, -0.15) is 5.26 Å². The van der Waals surface area contributed by atoms with Crippen LogP contribution in [0.2, 0.25) is 0 Å². The molecule has 1 heterocycles. The molecule has 1 fully saturated rings. The van der Waals surface area contributed by atoms with E-state index < -0.39 is 4.92 Å². The van der Waals surface area contributed by atoms with Gasteiger partial charge in [-0.3, -0.25) is 10.1 Å². The topological polar surface area (TPSA) is 91.0 Å². The lowest BCUT2D eigenvalue weighted by Crippen LogP contribution is -2.38. The smallest absolute Gasteiger partial charge is 0.309 e. The van der Waals surface area contributed by atoms with Crippen molar-refractivity contribution in [2.75, 3.05) is 18.4 Å². The highest BCUT2D eigenvalue weighted by atomic mass is 16.6. The molecule has 0 amide bonds. The number of rotatable bonds is 4. The van der Waals surface area contributed by atoms with Gasteiger partial charge in [0.2, 0.25) is 0 Å². The van der Waals surface area contributed by atoms with Crippen LogP contribution in [0.15, 0.2) is 18.2 Å². The Morgan fingerprint density at radius 3 is 3.00 bits per heavy atom. The summed E-state index contributed by atoms with van der Waals surface area (Å²) in [6, 6.07) is 6.79. The summed E-state index contributed by atoms with van der Waals surface area (Å²) in [7, 11) is 0. The Bertz CT molecular complexity index is 532. The number of nitro benzene ring substituents is 1. The van der Waals surface area contributed by atoms with Crippen molar-refractivity contribution in [2.24, 2.45) is 5.92 Å². The summed E-state index contributed by atoms with van der Waals surface area (Å²) in [6.07, 6.45) is 2.23. The number of nitrogens with zero attached hydrogens (tertiary/aromatic N) is 2. The summed E-state index contributed by atoms with van der Waals surface area (Å²) < 4.78 is 0. The van der Waals surface area contributed by atoms with Gasteiger partial charge < -0.3 is 10.6 Å². The Morgan fingerprint density at radius 1 is 1.60 bits per heavy atom. The zero-order chi connectivity index (χ0) is 14.5. The average Bonchev–Trinajstić information content (AvgIpc) is 2.47. The fourth-order valence-corrected chi connectivity index (χ4v) is 2.62. The monoisotopic (exact) mass is 274 g/mol. The van der Waals surface area contributed by atoms with E-state index in [-0.39, 0.29) is 17.3 Å². The summed E-state index contributed by atoms with van der Waals surface area (Å²) >= 11 is 0. The van der Waals surface area contributed by atoms with Gasteiger partial charge in [-0.05, 0) is 50.9 Å². The second-order valence-electron chi connectivity index (χ2n) is 5.11. The van der Waals surface area contributed by atoms with Crippen molar-refractivity contribution in [3.63, 3.8) is 0 Å². The van der Waals surface area contributed by atoms with Crippen molar-refractivity contribution < 1.29 is 4.92 Å². The number of para-hydroxylation sites is 1. The molecule has 0 spiro atoms. The summed E-state index contributed by atoms with van der Waals surface area (Å²) in [4.78, 5) is 10.7. The Hall–Kier alpha value is -2.13. The van der Waals surface area contributed by atoms with E-state index in [1.807, 2.05) is 13.0 Å². The number of nitriles is 1. The molecule has 1 aromatic rings. The predicted molar refractivity (Wildman–Crippen MR) is 76.5 cm³/mol. The third-order valence-corrected chi connectivity index (χ3v) is 3.76. The molecule has 1 aromatic carbocycles. The van der Waals surface area contributed by atoms with Crippen molar-refractivity contribution in [1.82, 2.24) is 5.32 Å². The molecule has 6 heteroatoms. The zero-order valence-corrected chi connectivity index (χ0v) is 11.4. The minimum atomic E-state index is -0.493. The Morgan fingerprint density at radius 2 is 2.40 bits per heavy atom. The van der Waals surface area contributed by atoms with E-state index in [0.29, 0.717) is 11.6 Å². The van der Waals surface area contributed by atoms with Crippen LogP contribution >= 0.6 is 0 Å². The number of piperidine rings is 1. The molecule has 0 aromatic heterocycles. The first-order chi connectivity index (χ1) is 9.63. The zero-order valence-electron chi connectivity index (χ0n) is 11.4. The number of hydrogen-bond acceptors (Lipinski definition) is 5. The summed E-state index contributed by atoms with van der Waals surface area (Å²) in [5.74, 6) is 0.439. The van der Waals surface area contributed by atoms with E-state index in [1.54, 1.807) is 12.1 Å². The van der Waals surface area contributed by atoms with Crippen molar-refractivity contribution in [1.29, 1.82) is 5.26 Å². The largest absolute Gasteiger partial charge is 0.377 e. The van der Waals surface area contributed by atoms with Crippen molar-refractivity contribution in [3.8, 4) is 6.07 Å². The molecule has 1 saturated heterocycles. The van der Waals surface area contributed by atoms with Gasteiger partial charge in [-0.25, -0.2) is 0 Å². The second kappa shape index (κ2) is 6.35. The van der Waals surface area contributed by atoms with Crippen LogP contribution in [-0.4, -0.2) is 24.1 Å². The van der Waals surface area contributed by atoms with Crippen LogP contribution in [0.3, 0.4) is 0 Å². The molecule has 2 unspecified atom stereocenters. The number of hydrogen-bond donors (Lipinski definition) is 2. The molecule has 1 aliphatic rings. The van der Waals surface area contributed by atoms with Gasteiger partial charge >= 0.3 is 5.69 Å². The molecular formula is C14H18N4O2. The van der Waals surface area contributed by atoms with Gasteiger partial charge in [-0.15, -0.1) is 0 Å². The number of nitrogens with one attached hydrogen (secondary N) is 2. The first kappa shape index (κ1) is 14.3. The molecule has 2 atom stereocenters. The molecule has 0 aliphatic carbocycles. The number of nitro groups is 1. The molecule has 0 radical (unpaired) electrons. The molecule has 2 N–H and O–H groups in total. The van der Waals surface area contributed by atoms with Gasteiger partial charge in [-0.1, -0.05) is 6.07 Å². The Labute approximate surface area is 117 Å². The summed E-state index contributed by atoms with van der Waals surface area (Å²) in [5.41, 5.74) is 0.381. The highest BCUT2D eigenvalue weighted by Gasteiger charge is 2.24. The third-order valence-electron chi connectivity index (χ3n) is 3.76. The minimum absolute atomic E-state index is 0.0916. The SMILES string of the molecule is CC(Nc1cccc(C#N)c1[N+](=O)[O-])C1CCCNC1.